The van der Waals surface area contributed by atoms with Gasteiger partial charge in [0.15, 0.2) is 0 Å². The second-order valence-electron chi connectivity index (χ2n) is 5.99. The lowest BCUT2D eigenvalue weighted by Gasteiger charge is -2.23. The fraction of sp³-hybridized carbons (Fsp3) is 0.278. The van der Waals surface area contributed by atoms with Gasteiger partial charge in [0.1, 0.15) is 19.0 Å². The zero-order valence-electron chi connectivity index (χ0n) is 14.1. The molecule has 0 atom stereocenters. The van der Waals surface area contributed by atoms with Crippen LogP contribution in [-0.4, -0.2) is 27.6 Å². The van der Waals surface area contributed by atoms with Gasteiger partial charge in [-0.05, 0) is 43.7 Å². The molecular formula is C18H21NO5S. The third kappa shape index (κ3) is 5.04. The summed E-state index contributed by atoms with van der Waals surface area (Å²) in [6, 6.07) is 15.1. The SMILES string of the molecule is CC(C)(C(=O)OCCOc1ccc(S(N)(=O)=O)cc1)c1ccccc1. The number of hydrogen-bond acceptors (Lipinski definition) is 5. The third-order valence-corrected chi connectivity index (χ3v) is 4.67. The molecule has 0 aliphatic carbocycles. The first-order valence-electron chi connectivity index (χ1n) is 7.69. The summed E-state index contributed by atoms with van der Waals surface area (Å²) in [5, 5.41) is 5.02. The van der Waals surface area contributed by atoms with Crippen molar-refractivity contribution in [2.45, 2.75) is 24.2 Å². The van der Waals surface area contributed by atoms with Crippen molar-refractivity contribution in [2.24, 2.45) is 5.14 Å². The predicted octanol–water partition coefficient (Wildman–Crippen LogP) is 2.23. The maximum Gasteiger partial charge on any atom is 0.316 e. The van der Waals surface area contributed by atoms with E-state index in [0.717, 1.165) is 5.56 Å². The predicted molar refractivity (Wildman–Crippen MR) is 93.7 cm³/mol. The van der Waals surface area contributed by atoms with Crippen molar-refractivity contribution in [3.8, 4) is 5.75 Å². The number of primary sulfonamides is 1. The Kier molecular flexibility index (Phi) is 5.81. The number of rotatable bonds is 7. The van der Waals surface area contributed by atoms with Gasteiger partial charge in [0, 0.05) is 0 Å². The normalized spacial score (nSPS) is 11.8. The lowest BCUT2D eigenvalue weighted by Crippen LogP contribution is -2.32. The second kappa shape index (κ2) is 7.67. The topological polar surface area (TPSA) is 95.7 Å². The van der Waals surface area contributed by atoms with E-state index in [1.807, 2.05) is 30.3 Å². The molecule has 0 saturated carbocycles. The fourth-order valence-corrected chi connectivity index (χ4v) is 2.69. The van der Waals surface area contributed by atoms with Crippen LogP contribution in [0.5, 0.6) is 5.75 Å². The van der Waals surface area contributed by atoms with Crippen LogP contribution < -0.4 is 9.88 Å². The first-order chi connectivity index (χ1) is 11.7. The summed E-state index contributed by atoms with van der Waals surface area (Å²) < 4.78 is 33.1. The van der Waals surface area contributed by atoms with Crippen LogP contribution in [0.25, 0.3) is 0 Å². The van der Waals surface area contributed by atoms with E-state index in [1.54, 1.807) is 13.8 Å². The average Bonchev–Trinajstić information content (AvgIpc) is 2.59. The van der Waals surface area contributed by atoms with Crippen molar-refractivity contribution in [1.29, 1.82) is 0 Å². The number of hydrogen-bond donors (Lipinski definition) is 1. The number of ether oxygens (including phenoxy) is 2. The Bertz CT molecular complexity index is 814. The van der Waals surface area contributed by atoms with Gasteiger partial charge in [0.25, 0.3) is 0 Å². The summed E-state index contributed by atoms with van der Waals surface area (Å²) >= 11 is 0. The maximum atomic E-state index is 12.3. The van der Waals surface area contributed by atoms with Crippen LogP contribution in [0.1, 0.15) is 19.4 Å². The van der Waals surface area contributed by atoms with Crippen molar-refractivity contribution in [3.05, 3.63) is 60.2 Å². The van der Waals surface area contributed by atoms with Crippen LogP contribution in [0.3, 0.4) is 0 Å². The Hall–Kier alpha value is -2.38. The van der Waals surface area contributed by atoms with Gasteiger partial charge in [-0.1, -0.05) is 30.3 Å². The van der Waals surface area contributed by atoms with Crippen molar-refractivity contribution >= 4 is 16.0 Å². The summed E-state index contributed by atoms with van der Waals surface area (Å²) in [5.41, 5.74) is 0.123. The zero-order valence-corrected chi connectivity index (χ0v) is 15.0. The molecule has 2 rings (SSSR count). The van der Waals surface area contributed by atoms with Gasteiger partial charge >= 0.3 is 5.97 Å². The number of benzene rings is 2. The van der Waals surface area contributed by atoms with E-state index in [0.29, 0.717) is 5.75 Å². The monoisotopic (exact) mass is 363 g/mol. The molecule has 0 aromatic heterocycles. The van der Waals surface area contributed by atoms with Crippen LogP contribution in [0.4, 0.5) is 0 Å². The molecule has 134 valence electrons. The minimum atomic E-state index is -3.72. The maximum absolute atomic E-state index is 12.3. The molecule has 6 nitrogen and oxygen atoms in total. The lowest BCUT2D eigenvalue weighted by atomic mass is 9.85. The number of sulfonamides is 1. The molecule has 0 amide bonds. The first kappa shape index (κ1) is 19.0. The Balaban J connectivity index is 1.84. The van der Waals surface area contributed by atoms with Crippen LogP contribution in [0, 0.1) is 0 Å². The highest BCUT2D eigenvalue weighted by Crippen LogP contribution is 2.24. The summed E-state index contributed by atoms with van der Waals surface area (Å²) in [6.07, 6.45) is 0. The van der Waals surface area contributed by atoms with E-state index in [1.165, 1.54) is 24.3 Å². The lowest BCUT2D eigenvalue weighted by molar-refractivity contribution is -0.150. The number of nitrogens with two attached hydrogens (primary N) is 1. The van der Waals surface area contributed by atoms with Crippen molar-refractivity contribution in [2.75, 3.05) is 13.2 Å². The van der Waals surface area contributed by atoms with Crippen LogP contribution in [0.2, 0.25) is 0 Å². The quantitative estimate of drug-likeness (QED) is 0.601. The fourth-order valence-electron chi connectivity index (χ4n) is 2.17. The molecule has 7 heteroatoms. The molecule has 0 bridgehead atoms. The summed E-state index contributed by atoms with van der Waals surface area (Å²) in [5.74, 6) is 0.123. The molecule has 2 N–H and O–H groups in total. The summed E-state index contributed by atoms with van der Waals surface area (Å²) in [6.45, 7) is 3.85. The van der Waals surface area contributed by atoms with Crippen molar-refractivity contribution in [3.63, 3.8) is 0 Å². The highest BCUT2D eigenvalue weighted by atomic mass is 32.2. The van der Waals surface area contributed by atoms with E-state index >= 15 is 0 Å². The molecule has 0 fully saturated rings. The van der Waals surface area contributed by atoms with Gasteiger partial charge in [0.2, 0.25) is 10.0 Å². The molecule has 2 aromatic carbocycles. The third-order valence-electron chi connectivity index (χ3n) is 3.74. The smallest absolute Gasteiger partial charge is 0.316 e. The highest BCUT2D eigenvalue weighted by molar-refractivity contribution is 7.89. The molecule has 2 aromatic rings. The molecule has 0 heterocycles. The molecule has 0 radical (unpaired) electrons. The van der Waals surface area contributed by atoms with E-state index < -0.39 is 15.4 Å². The van der Waals surface area contributed by atoms with E-state index in [2.05, 4.69) is 0 Å². The minimum absolute atomic E-state index is 0.0101. The van der Waals surface area contributed by atoms with E-state index in [4.69, 9.17) is 14.6 Å². The number of carbonyl (C=O) groups excluding carboxylic acids is 1. The second-order valence-corrected chi connectivity index (χ2v) is 7.55. The molecule has 0 aliphatic rings. The van der Waals surface area contributed by atoms with Gasteiger partial charge in [-0.15, -0.1) is 0 Å². The Morgan fingerprint density at radius 2 is 1.60 bits per heavy atom. The van der Waals surface area contributed by atoms with Crippen LogP contribution in [0.15, 0.2) is 59.5 Å². The van der Waals surface area contributed by atoms with E-state index in [-0.39, 0.29) is 24.1 Å². The first-order valence-corrected chi connectivity index (χ1v) is 9.24. The highest BCUT2D eigenvalue weighted by Gasteiger charge is 2.31. The van der Waals surface area contributed by atoms with Gasteiger partial charge in [-0.3, -0.25) is 4.79 Å². The molecule has 0 spiro atoms. The Morgan fingerprint density at radius 3 is 2.16 bits per heavy atom. The van der Waals surface area contributed by atoms with Crippen LogP contribution >= 0.6 is 0 Å². The molecule has 0 saturated heterocycles. The Labute approximate surface area is 147 Å². The molecule has 0 aliphatic heterocycles. The zero-order chi connectivity index (χ0) is 18.5. The molecule has 25 heavy (non-hydrogen) atoms. The van der Waals surface area contributed by atoms with Gasteiger partial charge < -0.3 is 9.47 Å². The summed E-state index contributed by atoms with van der Waals surface area (Å²) in [4.78, 5) is 12.3. The number of esters is 1. The Morgan fingerprint density at radius 1 is 1.00 bits per heavy atom. The molecule has 0 unspecified atom stereocenters. The van der Waals surface area contributed by atoms with Gasteiger partial charge in [-0.2, -0.15) is 0 Å². The standard InChI is InChI=1S/C18H21NO5S/c1-18(2,14-6-4-3-5-7-14)17(20)24-13-12-23-15-8-10-16(11-9-15)25(19,21)22/h3-11H,12-13H2,1-2H3,(H2,19,21,22). The van der Waals surface area contributed by atoms with E-state index in [9.17, 15) is 13.2 Å². The molecular weight excluding hydrogens is 342 g/mol. The average molecular weight is 363 g/mol. The van der Waals surface area contributed by atoms with Crippen molar-refractivity contribution < 1.29 is 22.7 Å². The van der Waals surface area contributed by atoms with Crippen molar-refractivity contribution in [1.82, 2.24) is 0 Å². The van der Waals surface area contributed by atoms with Crippen LogP contribution in [-0.2, 0) is 25.0 Å². The summed E-state index contributed by atoms with van der Waals surface area (Å²) in [7, 11) is -3.72. The number of carbonyl (C=O) groups is 1. The largest absolute Gasteiger partial charge is 0.490 e. The minimum Gasteiger partial charge on any atom is -0.490 e. The van der Waals surface area contributed by atoms with Gasteiger partial charge in [-0.25, -0.2) is 13.6 Å². The van der Waals surface area contributed by atoms with Gasteiger partial charge in [0.05, 0.1) is 10.3 Å².